The number of cyclic esters (lactones) is 1. The minimum absolute atomic E-state index is 0.0219. The van der Waals surface area contributed by atoms with Gasteiger partial charge < -0.3 is 29.4 Å². The molecule has 192 valence electrons. The average molecular weight is 507 g/mol. The van der Waals surface area contributed by atoms with Crippen LogP contribution in [0.1, 0.15) is 18.4 Å². The monoisotopic (exact) mass is 506 g/mol. The van der Waals surface area contributed by atoms with E-state index in [9.17, 15) is 14.7 Å². The van der Waals surface area contributed by atoms with Crippen LogP contribution in [0.25, 0.3) is 11.0 Å². The number of pyridine rings is 2. The Morgan fingerprint density at radius 3 is 3.03 bits per heavy atom. The summed E-state index contributed by atoms with van der Waals surface area (Å²) in [7, 11) is 1.51. The van der Waals surface area contributed by atoms with Crippen LogP contribution in [0, 0.1) is 0 Å². The number of rotatable bonds is 8. The molecule has 3 aliphatic rings. The minimum atomic E-state index is -1.34. The Morgan fingerprint density at radius 1 is 1.32 bits per heavy atom. The summed E-state index contributed by atoms with van der Waals surface area (Å²) in [4.78, 5) is 35.0. The summed E-state index contributed by atoms with van der Waals surface area (Å²) in [6.45, 7) is 0.170. The van der Waals surface area contributed by atoms with Crippen LogP contribution in [0.15, 0.2) is 72.4 Å². The van der Waals surface area contributed by atoms with Gasteiger partial charge in [0, 0.05) is 18.7 Å². The van der Waals surface area contributed by atoms with Crippen LogP contribution in [0.4, 0.5) is 4.79 Å². The number of hydrogen-bond donors (Lipinski definition) is 2. The Bertz CT molecular complexity index is 1330. The fourth-order valence-electron chi connectivity index (χ4n) is 4.16. The molecule has 11 nitrogen and oxygen atoms in total. The molecule has 2 aromatic rings. The van der Waals surface area contributed by atoms with E-state index in [0.717, 1.165) is 18.4 Å². The van der Waals surface area contributed by atoms with Crippen molar-refractivity contribution in [2.75, 3.05) is 20.2 Å². The second-order valence-corrected chi connectivity index (χ2v) is 8.61. The molecule has 5 rings (SSSR count). The van der Waals surface area contributed by atoms with E-state index < -0.39 is 24.2 Å². The third kappa shape index (κ3) is 5.41. The molecule has 0 unspecified atom stereocenters. The lowest BCUT2D eigenvalue weighted by molar-refractivity contribution is -0.129. The number of methoxy groups -OCH3 is 1. The van der Waals surface area contributed by atoms with Crippen LogP contribution in [0.5, 0.6) is 5.88 Å². The smallest absolute Gasteiger partial charge is 0.417 e. The van der Waals surface area contributed by atoms with Gasteiger partial charge in [0.15, 0.2) is 12.0 Å². The summed E-state index contributed by atoms with van der Waals surface area (Å²) >= 11 is 0. The van der Waals surface area contributed by atoms with Crippen LogP contribution >= 0.6 is 0 Å². The van der Waals surface area contributed by atoms with Gasteiger partial charge in [-0.05, 0) is 36.1 Å². The summed E-state index contributed by atoms with van der Waals surface area (Å²) in [6, 6.07) is 5.15. The fourth-order valence-corrected chi connectivity index (χ4v) is 4.16. The van der Waals surface area contributed by atoms with Crippen molar-refractivity contribution in [2.45, 2.75) is 31.5 Å². The fraction of sp³-hybridized carbons (Fsp3) is 0.308. The molecule has 0 aromatic carbocycles. The molecule has 1 fully saturated rings. The zero-order valence-corrected chi connectivity index (χ0v) is 20.1. The molecule has 2 aromatic heterocycles. The summed E-state index contributed by atoms with van der Waals surface area (Å²) in [5.41, 5.74) is 2.79. The van der Waals surface area contributed by atoms with E-state index in [1.54, 1.807) is 24.4 Å². The van der Waals surface area contributed by atoms with Crippen molar-refractivity contribution >= 4 is 23.0 Å². The third-order valence-corrected chi connectivity index (χ3v) is 6.10. The lowest BCUT2D eigenvalue weighted by Crippen LogP contribution is -2.41. The second kappa shape index (κ2) is 10.7. The molecule has 0 radical (unpaired) electrons. The van der Waals surface area contributed by atoms with Crippen molar-refractivity contribution < 1.29 is 33.6 Å². The number of nitrogens with zero attached hydrogens (tertiary/aromatic N) is 3. The number of ether oxygens (including phenoxy) is 4. The van der Waals surface area contributed by atoms with Crippen molar-refractivity contribution in [1.82, 2.24) is 20.2 Å². The highest BCUT2D eigenvalue weighted by molar-refractivity contribution is 5.83. The van der Waals surface area contributed by atoms with Gasteiger partial charge >= 0.3 is 6.09 Å². The van der Waals surface area contributed by atoms with Gasteiger partial charge in [-0.2, -0.15) is 0 Å². The van der Waals surface area contributed by atoms with E-state index in [1.807, 2.05) is 12.2 Å². The molecule has 1 aliphatic carbocycles. The first kappa shape index (κ1) is 24.3. The maximum absolute atomic E-state index is 12.6. The van der Waals surface area contributed by atoms with Crippen LogP contribution < -0.4 is 10.1 Å². The van der Waals surface area contributed by atoms with Crippen molar-refractivity contribution in [3.63, 3.8) is 0 Å². The molecule has 37 heavy (non-hydrogen) atoms. The molecule has 0 bridgehead atoms. The van der Waals surface area contributed by atoms with Gasteiger partial charge in [0.05, 0.1) is 31.2 Å². The Balaban J connectivity index is 1.15. The van der Waals surface area contributed by atoms with E-state index >= 15 is 0 Å². The van der Waals surface area contributed by atoms with Gasteiger partial charge in [-0.1, -0.05) is 18.2 Å². The van der Waals surface area contributed by atoms with Crippen molar-refractivity contribution in [1.29, 1.82) is 0 Å². The van der Waals surface area contributed by atoms with E-state index in [0.29, 0.717) is 28.2 Å². The molecule has 2 aliphatic heterocycles. The number of hydrogen-bond acceptors (Lipinski definition) is 9. The molecular weight excluding hydrogens is 480 g/mol. The van der Waals surface area contributed by atoms with E-state index in [-0.39, 0.29) is 25.4 Å². The van der Waals surface area contributed by atoms with Gasteiger partial charge in [-0.15, -0.1) is 0 Å². The number of carbonyl (C=O) groups is 2. The zero-order valence-electron chi connectivity index (χ0n) is 20.1. The van der Waals surface area contributed by atoms with E-state index in [4.69, 9.17) is 18.9 Å². The summed E-state index contributed by atoms with van der Waals surface area (Å²) in [5.74, 6) is 0.552. The molecule has 0 saturated carbocycles. The predicted octanol–water partition coefficient (Wildman–Crippen LogP) is 2.44. The van der Waals surface area contributed by atoms with Crippen LogP contribution in [0.3, 0.4) is 0 Å². The highest BCUT2D eigenvalue weighted by atomic mass is 16.6. The Hall–Kier alpha value is -4.38. The van der Waals surface area contributed by atoms with Crippen LogP contribution in [-0.2, 0) is 25.4 Å². The van der Waals surface area contributed by atoms with E-state index in [1.165, 1.54) is 24.5 Å². The highest BCUT2D eigenvalue weighted by Gasteiger charge is 2.36. The number of amides is 2. The van der Waals surface area contributed by atoms with Crippen LogP contribution in [-0.4, -0.2) is 64.4 Å². The third-order valence-electron chi connectivity index (χ3n) is 6.10. The first-order chi connectivity index (χ1) is 18.0. The lowest BCUT2D eigenvalue weighted by atomic mass is 10.0. The summed E-state index contributed by atoms with van der Waals surface area (Å²) < 4.78 is 21.8. The molecule has 0 spiro atoms. The molecule has 4 heterocycles. The van der Waals surface area contributed by atoms with Gasteiger partial charge in [0.2, 0.25) is 17.7 Å². The number of aliphatic hydroxyl groups is 1. The molecule has 2 N–H and O–H groups in total. The normalized spacial score (nSPS) is 19.7. The average Bonchev–Trinajstić information content (AvgIpc) is 3.32. The van der Waals surface area contributed by atoms with Crippen molar-refractivity contribution in [3.05, 3.63) is 77.9 Å². The SMILES string of the molecule is COc1ccc2nccc(C[C@H](O)C(=O)NC[C@@H]3CN(C4=COC=C(C5=CC=CCC5)O4)C(=O)O3)c2n1. The van der Waals surface area contributed by atoms with E-state index in [2.05, 4.69) is 21.4 Å². The van der Waals surface area contributed by atoms with Gasteiger partial charge in [-0.25, -0.2) is 14.7 Å². The highest BCUT2D eigenvalue weighted by Crippen LogP contribution is 2.29. The van der Waals surface area contributed by atoms with Gasteiger partial charge in [0.1, 0.15) is 18.5 Å². The summed E-state index contributed by atoms with van der Waals surface area (Å²) in [6.07, 6.45) is 9.51. The molecule has 11 heteroatoms. The number of carbonyl (C=O) groups excluding carboxylic acids is 2. The maximum atomic E-state index is 12.6. The number of allylic oxidation sites excluding steroid dienone is 4. The standard InChI is InChI=1S/C26H26N4O7/c1-34-22-8-7-19-24(29-22)17(9-10-27-19)11-20(31)25(32)28-12-18-13-30(26(33)36-18)23-15-35-14-21(37-23)16-5-3-2-4-6-16/h2-3,5,7-10,14-15,18,20,31H,4,6,11-13H2,1H3,(H,28,32)/t18-,20+/m1/s1. The predicted molar refractivity (Wildman–Crippen MR) is 131 cm³/mol. The Morgan fingerprint density at radius 2 is 2.22 bits per heavy atom. The topological polar surface area (TPSA) is 132 Å². The molecule has 2 amide bonds. The second-order valence-electron chi connectivity index (χ2n) is 8.61. The maximum Gasteiger partial charge on any atom is 0.417 e. The number of fused-ring (bicyclic) bond motifs is 1. The minimum Gasteiger partial charge on any atom is -0.481 e. The van der Waals surface area contributed by atoms with Crippen molar-refractivity contribution in [3.8, 4) is 5.88 Å². The van der Waals surface area contributed by atoms with Crippen molar-refractivity contribution in [2.24, 2.45) is 0 Å². The number of aromatic nitrogens is 2. The quantitative estimate of drug-likeness (QED) is 0.554. The molecule has 2 atom stereocenters. The largest absolute Gasteiger partial charge is 0.481 e. The number of aliphatic hydroxyl groups excluding tert-OH is 1. The first-order valence-corrected chi connectivity index (χ1v) is 11.8. The van der Waals surface area contributed by atoms with Crippen LogP contribution in [0.2, 0.25) is 0 Å². The lowest BCUT2D eigenvalue weighted by Gasteiger charge is -2.23. The van der Waals surface area contributed by atoms with Gasteiger partial charge in [-0.3, -0.25) is 9.78 Å². The summed E-state index contributed by atoms with van der Waals surface area (Å²) in [5, 5.41) is 13.2. The molecular formula is C26H26N4O7. The van der Waals surface area contributed by atoms with Gasteiger partial charge in [0.25, 0.3) is 0 Å². The first-order valence-electron chi connectivity index (χ1n) is 11.8. The Kier molecular flexibility index (Phi) is 7.04. The number of nitrogens with one attached hydrogen (secondary N) is 1. The molecule has 1 saturated heterocycles. The Labute approximate surface area is 212 Å². The zero-order chi connectivity index (χ0) is 25.8.